The van der Waals surface area contributed by atoms with Gasteiger partial charge in [0.1, 0.15) is 12.0 Å². The van der Waals surface area contributed by atoms with Crippen LogP contribution in [-0.2, 0) is 9.59 Å². The number of carbonyl (C=O) groups excluding carboxylic acids is 2. The third-order valence-electron chi connectivity index (χ3n) is 4.86. The number of halogens is 1. The summed E-state index contributed by atoms with van der Waals surface area (Å²) < 4.78 is 13.1. The molecule has 7 nitrogen and oxygen atoms in total. The van der Waals surface area contributed by atoms with Gasteiger partial charge in [0.25, 0.3) is 0 Å². The van der Waals surface area contributed by atoms with Crippen LogP contribution in [0.4, 0.5) is 15.8 Å². The SMILES string of the molecule is CN(C(=O)CSC1=NC2NNCC2C(=O)N1c1ccccc1)c1ccc(F)cc1. The van der Waals surface area contributed by atoms with E-state index < -0.39 is 0 Å². The first-order valence-corrected chi connectivity index (χ1v) is 10.1. The normalized spacial score (nSPS) is 21.0. The molecule has 4 rings (SSSR count). The van der Waals surface area contributed by atoms with E-state index in [4.69, 9.17) is 0 Å². The maximum Gasteiger partial charge on any atom is 0.241 e. The van der Waals surface area contributed by atoms with Gasteiger partial charge in [0, 0.05) is 19.3 Å². The predicted molar refractivity (Wildman–Crippen MR) is 112 cm³/mol. The summed E-state index contributed by atoms with van der Waals surface area (Å²) in [5.74, 6) is -0.796. The highest BCUT2D eigenvalue weighted by atomic mass is 32.2. The Balaban J connectivity index is 1.52. The maximum absolute atomic E-state index is 13.1. The number of hydrazine groups is 1. The van der Waals surface area contributed by atoms with Crippen molar-refractivity contribution in [3.63, 3.8) is 0 Å². The van der Waals surface area contributed by atoms with Crippen LogP contribution >= 0.6 is 11.8 Å². The molecule has 2 aromatic rings. The smallest absolute Gasteiger partial charge is 0.241 e. The molecule has 0 aliphatic carbocycles. The Bertz CT molecular complexity index is 938. The quantitative estimate of drug-likeness (QED) is 0.802. The van der Waals surface area contributed by atoms with Crippen molar-refractivity contribution in [2.75, 3.05) is 29.1 Å². The Morgan fingerprint density at radius 2 is 1.97 bits per heavy atom. The van der Waals surface area contributed by atoms with Crippen molar-refractivity contribution in [2.45, 2.75) is 6.17 Å². The number of benzene rings is 2. The first-order chi connectivity index (χ1) is 14.0. The fourth-order valence-corrected chi connectivity index (χ4v) is 4.17. The number of carbonyl (C=O) groups is 2. The number of hydrogen-bond donors (Lipinski definition) is 2. The summed E-state index contributed by atoms with van der Waals surface area (Å²) in [5.41, 5.74) is 7.29. The number of aliphatic imine (C=N–C) groups is 1. The van der Waals surface area contributed by atoms with Gasteiger partial charge in [0.2, 0.25) is 11.8 Å². The number of fused-ring (bicyclic) bond motifs is 1. The number of amides is 2. The lowest BCUT2D eigenvalue weighted by Crippen LogP contribution is -2.49. The Kier molecular flexibility index (Phi) is 5.61. The summed E-state index contributed by atoms with van der Waals surface area (Å²) in [6.07, 6.45) is -0.352. The van der Waals surface area contributed by atoms with Gasteiger partial charge in [-0.15, -0.1) is 0 Å². The number of amidine groups is 1. The second kappa shape index (κ2) is 8.32. The zero-order valence-electron chi connectivity index (χ0n) is 15.7. The molecule has 2 amide bonds. The van der Waals surface area contributed by atoms with Crippen molar-refractivity contribution in [3.05, 3.63) is 60.4 Å². The topological polar surface area (TPSA) is 77.0 Å². The highest BCUT2D eigenvalue weighted by Gasteiger charge is 2.42. The lowest BCUT2D eigenvalue weighted by molar-refractivity contribution is -0.121. The molecule has 2 unspecified atom stereocenters. The summed E-state index contributed by atoms with van der Waals surface area (Å²) >= 11 is 1.21. The molecule has 0 spiro atoms. The third-order valence-corrected chi connectivity index (χ3v) is 5.80. The second-order valence-corrected chi connectivity index (χ2v) is 7.66. The molecule has 29 heavy (non-hydrogen) atoms. The van der Waals surface area contributed by atoms with Crippen LogP contribution in [0.5, 0.6) is 0 Å². The summed E-state index contributed by atoms with van der Waals surface area (Å²) in [4.78, 5) is 33.4. The van der Waals surface area contributed by atoms with Crippen LogP contribution in [0.1, 0.15) is 0 Å². The van der Waals surface area contributed by atoms with Crippen LogP contribution in [-0.4, -0.2) is 42.5 Å². The Hall–Kier alpha value is -2.75. The molecule has 2 heterocycles. The average Bonchev–Trinajstić information content (AvgIpc) is 3.22. The van der Waals surface area contributed by atoms with Crippen LogP contribution in [0.15, 0.2) is 59.6 Å². The average molecular weight is 413 g/mol. The lowest BCUT2D eigenvalue weighted by atomic mass is 10.1. The van der Waals surface area contributed by atoms with Gasteiger partial charge in [-0.1, -0.05) is 30.0 Å². The van der Waals surface area contributed by atoms with Crippen molar-refractivity contribution in [1.29, 1.82) is 0 Å². The van der Waals surface area contributed by atoms with Gasteiger partial charge in [-0.05, 0) is 36.4 Å². The molecule has 1 saturated heterocycles. The Morgan fingerprint density at radius 3 is 2.69 bits per heavy atom. The van der Waals surface area contributed by atoms with Crippen molar-refractivity contribution in [2.24, 2.45) is 10.9 Å². The number of nitrogens with one attached hydrogen (secondary N) is 2. The molecule has 2 atom stereocenters. The minimum Gasteiger partial charge on any atom is -0.315 e. The number of hydrogen-bond acceptors (Lipinski definition) is 6. The maximum atomic E-state index is 13.1. The van der Waals surface area contributed by atoms with E-state index in [1.165, 1.54) is 28.8 Å². The van der Waals surface area contributed by atoms with E-state index in [0.717, 1.165) is 0 Å². The molecular formula is C20H20FN5O2S. The largest absolute Gasteiger partial charge is 0.315 e. The Labute approximate surface area is 171 Å². The first kappa shape index (κ1) is 19.6. The molecule has 0 bridgehead atoms. The second-order valence-electron chi connectivity index (χ2n) is 6.72. The minimum absolute atomic E-state index is 0.0597. The molecule has 150 valence electrons. The van der Waals surface area contributed by atoms with E-state index in [0.29, 0.717) is 23.1 Å². The van der Waals surface area contributed by atoms with Crippen molar-refractivity contribution in [1.82, 2.24) is 10.9 Å². The van der Waals surface area contributed by atoms with E-state index in [9.17, 15) is 14.0 Å². The van der Waals surface area contributed by atoms with Crippen molar-refractivity contribution >= 4 is 40.1 Å². The van der Waals surface area contributed by atoms with Crippen LogP contribution in [0.2, 0.25) is 0 Å². The van der Waals surface area contributed by atoms with Gasteiger partial charge in [-0.2, -0.15) is 0 Å². The summed E-state index contributed by atoms with van der Waals surface area (Å²) in [7, 11) is 1.64. The summed E-state index contributed by atoms with van der Waals surface area (Å²) in [6.45, 7) is 0.501. The van der Waals surface area contributed by atoms with Gasteiger partial charge in [0.15, 0.2) is 5.17 Å². The standard InChI is InChI=1S/C20H20FN5O2S/c1-25(14-9-7-13(21)8-10-14)17(27)12-29-20-23-18-16(11-22-24-18)19(28)26(20)15-5-3-2-4-6-15/h2-10,16,18,22,24H,11-12H2,1H3. The van der Waals surface area contributed by atoms with Crippen LogP contribution in [0, 0.1) is 11.7 Å². The van der Waals surface area contributed by atoms with Gasteiger partial charge in [0.05, 0.1) is 17.4 Å². The highest BCUT2D eigenvalue weighted by Crippen LogP contribution is 2.29. The number of para-hydroxylation sites is 1. The molecule has 2 aliphatic heterocycles. The van der Waals surface area contributed by atoms with E-state index in [1.807, 2.05) is 30.3 Å². The van der Waals surface area contributed by atoms with E-state index in [-0.39, 0.29) is 35.5 Å². The number of nitrogens with zero attached hydrogens (tertiary/aromatic N) is 3. The predicted octanol–water partition coefficient (Wildman–Crippen LogP) is 1.97. The molecule has 2 N–H and O–H groups in total. The van der Waals surface area contributed by atoms with Crippen LogP contribution in [0.25, 0.3) is 0 Å². The number of rotatable bonds is 4. The van der Waals surface area contributed by atoms with Gasteiger partial charge in [-0.25, -0.2) is 14.8 Å². The summed E-state index contributed by atoms with van der Waals surface area (Å²) in [6, 6.07) is 15.0. The Morgan fingerprint density at radius 1 is 1.24 bits per heavy atom. The molecule has 1 fully saturated rings. The molecule has 0 aromatic heterocycles. The van der Waals surface area contributed by atoms with Crippen molar-refractivity contribution in [3.8, 4) is 0 Å². The highest BCUT2D eigenvalue weighted by molar-refractivity contribution is 8.14. The molecule has 0 radical (unpaired) electrons. The third kappa shape index (κ3) is 4.02. The number of anilines is 2. The molecule has 2 aliphatic rings. The molecule has 0 saturated carbocycles. The minimum atomic E-state index is -0.357. The lowest BCUT2D eigenvalue weighted by Gasteiger charge is -2.32. The zero-order chi connectivity index (χ0) is 20.4. The fourth-order valence-electron chi connectivity index (χ4n) is 3.22. The molecular weight excluding hydrogens is 393 g/mol. The van der Waals surface area contributed by atoms with Gasteiger partial charge >= 0.3 is 0 Å². The zero-order valence-corrected chi connectivity index (χ0v) is 16.5. The monoisotopic (exact) mass is 413 g/mol. The van der Waals surface area contributed by atoms with Crippen LogP contribution < -0.4 is 20.7 Å². The van der Waals surface area contributed by atoms with E-state index in [1.54, 1.807) is 24.1 Å². The first-order valence-electron chi connectivity index (χ1n) is 9.15. The van der Waals surface area contributed by atoms with Gasteiger partial charge < -0.3 is 4.90 Å². The fraction of sp³-hybridized carbons (Fsp3) is 0.250. The van der Waals surface area contributed by atoms with E-state index in [2.05, 4.69) is 15.8 Å². The molecule has 2 aromatic carbocycles. The van der Waals surface area contributed by atoms with Gasteiger partial charge in [-0.3, -0.25) is 19.9 Å². The number of thioether (sulfide) groups is 1. The summed E-state index contributed by atoms with van der Waals surface area (Å²) in [5, 5.41) is 0.472. The van der Waals surface area contributed by atoms with E-state index >= 15 is 0 Å². The van der Waals surface area contributed by atoms with Crippen molar-refractivity contribution < 1.29 is 14.0 Å². The van der Waals surface area contributed by atoms with Crippen LogP contribution in [0.3, 0.4) is 0 Å². The molecule has 9 heteroatoms.